The predicted molar refractivity (Wildman–Crippen MR) is 217 cm³/mol. The summed E-state index contributed by atoms with van der Waals surface area (Å²) in [5.74, 6) is 2.00. The zero-order chi connectivity index (χ0) is 37.8. The van der Waals surface area contributed by atoms with E-state index in [1.165, 1.54) is 0 Å². The summed E-state index contributed by atoms with van der Waals surface area (Å²) in [6, 6.07) is 40.8. The van der Waals surface area contributed by atoms with Crippen molar-refractivity contribution in [3.63, 3.8) is 0 Å². The van der Waals surface area contributed by atoms with Gasteiger partial charge in [-0.15, -0.1) is 0 Å². The molecule has 0 aromatic heterocycles. The molecule has 0 spiro atoms. The first-order valence-electron chi connectivity index (χ1n) is 16.4. The van der Waals surface area contributed by atoms with Gasteiger partial charge in [0.1, 0.15) is 34.5 Å². The van der Waals surface area contributed by atoms with Gasteiger partial charge in [-0.3, -0.25) is 0 Å². The number of hydrogen-bond acceptors (Lipinski definition) is 14. The first kappa shape index (κ1) is 36.2. The molecule has 0 fully saturated rings. The van der Waals surface area contributed by atoms with E-state index in [1.54, 1.807) is 133 Å². The summed E-state index contributed by atoms with van der Waals surface area (Å²) in [5, 5.41) is 0. The fourth-order valence-corrected chi connectivity index (χ4v) is 13.9. The van der Waals surface area contributed by atoms with E-state index in [1.807, 2.05) is 19.1 Å². The number of rotatable bonds is 12. The molecule has 14 nitrogen and oxygen atoms in total. The Morgan fingerprint density at radius 2 is 0.463 bits per heavy atom. The van der Waals surface area contributed by atoms with Gasteiger partial charge in [0.2, 0.25) is 0 Å². The Morgan fingerprint density at radius 3 is 0.648 bits per heavy atom. The highest BCUT2D eigenvalue weighted by atomic mass is 31.3. The first-order chi connectivity index (χ1) is 26.0. The van der Waals surface area contributed by atoms with E-state index < -0.39 is 23.0 Å². The molecule has 0 saturated carbocycles. The van der Waals surface area contributed by atoms with Gasteiger partial charge < -0.3 is 55.8 Å². The van der Waals surface area contributed by atoms with Crippen LogP contribution in [0.5, 0.6) is 34.5 Å². The van der Waals surface area contributed by atoms with Crippen molar-refractivity contribution in [3.8, 4) is 34.5 Å². The average Bonchev–Trinajstić information content (AvgIpc) is 3.14. The number of anilines is 5. The standard InChI is InChI=1S/C37H37N8O6P3/c1-26-2-14-32(15-3-26)46-52(47-33-16-4-27(38)5-17-33)43-53(48-34-18-6-28(39)7-19-34,49-35-20-8-29(40)9-21-35)45-54(44-52,50-36-22-10-30(41)11-23-36)51-37-24-12-31(42)13-25-37/h2-25H,38-42H2,1H3. The SMILES string of the molecule is Cc1ccc(OP2(Oc3ccc(N)cc3)=NP(Oc3ccc(N)cc3)(Oc3ccc(N)cc3)=NP(Oc3ccc(N)cc3)(Oc3ccc(N)cc3)=N2)cc1. The first-order valence-corrected chi connectivity index (χ1v) is 21.0. The Morgan fingerprint density at radius 1 is 0.296 bits per heavy atom. The van der Waals surface area contributed by atoms with Crippen LogP contribution in [0.25, 0.3) is 0 Å². The zero-order valence-electron chi connectivity index (χ0n) is 28.9. The Bertz CT molecular complexity index is 1970. The molecule has 1 unspecified atom stereocenters. The quantitative estimate of drug-likeness (QED) is 0.0580. The maximum atomic E-state index is 6.79. The van der Waals surface area contributed by atoms with Crippen molar-refractivity contribution in [2.75, 3.05) is 28.7 Å². The minimum atomic E-state index is -4.09. The maximum absolute atomic E-state index is 6.79. The van der Waals surface area contributed by atoms with Crippen molar-refractivity contribution in [1.82, 2.24) is 0 Å². The molecule has 1 heterocycles. The lowest BCUT2D eigenvalue weighted by Gasteiger charge is -2.33. The molecule has 17 heteroatoms. The summed E-state index contributed by atoms with van der Waals surface area (Å²) >= 11 is 0. The lowest BCUT2D eigenvalue weighted by Crippen LogP contribution is -2.11. The molecule has 0 amide bonds. The number of nitrogens with two attached hydrogens (primary N) is 5. The van der Waals surface area contributed by atoms with E-state index in [4.69, 9.17) is 69.4 Å². The van der Waals surface area contributed by atoms with Crippen molar-refractivity contribution < 1.29 is 27.1 Å². The molecule has 0 bridgehead atoms. The van der Waals surface area contributed by atoms with E-state index in [9.17, 15) is 0 Å². The van der Waals surface area contributed by atoms with Crippen LogP contribution < -0.4 is 55.8 Å². The van der Waals surface area contributed by atoms with Crippen molar-refractivity contribution >= 4 is 51.4 Å². The van der Waals surface area contributed by atoms with Gasteiger partial charge >= 0.3 is 23.0 Å². The lowest BCUT2D eigenvalue weighted by molar-refractivity contribution is 0.443. The maximum Gasteiger partial charge on any atom is 0.460 e. The van der Waals surface area contributed by atoms with Gasteiger partial charge in [-0.1, -0.05) is 31.2 Å². The van der Waals surface area contributed by atoms with Crippen LogP contribution in [0.2, 0.25) is 0 Å². The molecular weight excluding hydrogens is 745 g/mol. The van der Waals surface area contributed by atoms with E-state index in [0.717, 1.165) is 5.56 Å². The van der Waals surface area contributed by atoms with Crippen molar-refractivity contribution in [2.24, 2.45) is 13.5 Å². The highest BCUT2D eigenvalue weighted by Crippen LogP contribution is 2.78. The molecule has 276 valence electrons. The van der Waals surface area contributed by atoms with Crippen LogP contribution >= 0.6 is 23.0 Å². The van der Waals surface area contributed by atoms with Crippen LogP contribution in [0.4, 0.5) is 28.4 Å². The molecule has 1 aliphatic rings. The zero-order valence-corrected chi connectivity index (χ0v) is 31.6. The highest BCUT2D eigenvalue weighted by Gasteiger charge is 2.49. The van der Waals surface area contributed by atoms with Crippen LogP contribution in [0.3, 0.4) is 0 Å². The fourth-order valence-electron chi connectivity index (χ4n) is 4.82. The van der Waals surface area contributed by atoms with Crippen LogP contribution in [0.1, 0.15) is 5.56 Å². The highest BCUT2D eigenvalue weighted by molar-refractivity contribution is 7.79. The topological polar surface area (TPSA) is 223 Å². The van der Waals surface area contributed by atoms with Gasteiger partial charge in [-0.05, 0) is 140 Å². The van der Waals surface area contributed by atoms with Crippen molar-refractivity contribution in [1.29, 1.82) is 0 Å². The second-order valence-electron chi connectivity index (χ2n) is 11.9. The second kappa shape index (κ2) is 15.0. The van der Waals surface area contributed by atoms with Crippen molar-refractivity contribution in [2.45, 2.75) is 6.92 Å². The van der Waals surface area contributed by atoms with Gasteiger partial charge in [0.25, 0.3) is 0 Å². The van der Waals surface area contributed by atoms with Crippen molar-refractivity contribution in [3.05, 3.63) is 151 Å². The smallest absolute Gasteiger partial charge is 0.413 e. The summed E-state index contributed by atoms with van der Waals surface area (Å²) in [6.07, 6.45) is 0. The number of aryl methyl sites for hydroxylation is 1. The third-order valence-electron chi connectivity index (χ3n) is 7.45. The Balaban J connectivity index is 1.56. The molecule has 6 aromatic rings. The Kier molecular flexibility index (Phi) is 10.1. The average molecular weight is 783 g/mol. The summed E-state index contributed by atoms with van der Waals surface area (Å²) < 4.78 is 56.0. The number of benzene rings is 6. The van der Waals surface area contributed by atoms with Crippen LogP contribution in [-0.4, -0.2) is 0 Å². The molecule has 1 atom stereocenters. The second-order valence-corrected chi connectivity index (χ2v) is 18.1. The number of nitrogens with zero attached hydrogens (tertiary/aromatic N) is 3. The van der Waals surface area contributed by atoms with E-state index in [2.05, 4.69) is 0 Å². The Labute approximate surface area is 312 Å². The lowest BCUT2D eigenvalue weighted by atomic mass is 10.2. The number of hydrogen-bond donors (Lipinski definition) is 5. The minimum absolute atomic E-state index is 0.321. The summed E-state index contributed by atoms with van der Waals surface area (Å²) in [7, 11) is -12.3. The molecule has 1 aliphatic heterocycles. The van der Waals surface area contributed by atoms with Gasteiger partial charge in [-0.25, -0.2) is 0 Å². The van der Waals surface area contributed by atoms with Crippen LogP contribution in [-0.2, 0) is 0 Å². The molecule has 6 aromatic carbocycles. The third kappa shape index (κ3) is 8.87. The van der Waals surface area contributed by atoms with Crippen LogP contribution in [0.15, 0.2) is 159 Å². The molecule has 10 N–H and O–H groups in total. The summed E-state index contributed by atoms with van der Waals surface area (Å²) in [4.78, 5) is 0. The minimum Gasteiger partial charge on any atom is -0.413 e. The Hall–Kier alpha value is -6.19. The molecule has 0 radical (unpaired) electrons. The molecular formula is C37H37N8O6P3. The number of nitrogen functional groups attached to an aromatic ring is 5. The van der Waals surface area contributed by atoms with Gasteiger partial charge in [0.05, 0.1) is 0 Å². The normalized spacial score (nSPS) is 16.7. The largest absolute Gasteiger partial charge is 0.460 e. The predicted octanol–water partition coefficient (Wildman–Crippen LogP) is 10.5. The molecule has 54 heavy (non-hydrogen) atoms. The monoisotopic (exact) mass is 782 g/mol. The summed E-state index contributed by atoms with van der Waals surface area (Å²) in [5.41, 5.74) is 33.8. The molecule has 0 aliphatic carbocycles. The third-order valence-corrected chi connectivity index (χ3v) is 15.6. The summed E-state index contributed by atoms with van der Waals surface area (Å²) in [6.45, 7) is 1.96. The van der Waals surface area contributed by atoms with E-state index in [-0.39, 0.29) is 0 Å². The van der Waals surface area contributed by atoms with E-state index >= 15 is 0 Å². The molecule has 0 saturated heterocycles. The van der Waals surface area contributed by atoms with Crippen LogP contribution in [0, 0.1) is 6.92 Å². The van der Waals surface area contributed by atoms with Gasteiger partial charge in [-0.2, -0.15) is 0 Å². The van der Waals surface area contributed by atoms with Gasteiger partial charge in [0, 0.05) is 28.4 Å². The van der Waals surface area contributed by atoms with Gasteiger partial charge in [0.15, 0.2) is 0 Å². The van der Waals surface area contributed by atoms with E-state index in [0.29, 0.717) is 62.9 Å². The molecule has 7 rings (SSSR count). The fraction of sp³-hybridized carbons (Fsp3) is 0.0270.